The zero-order valence-corrected chi connectivity index (χ0v) is 34.9. The zero-order chi connectivity index (χ0) is 41.4. The third kappa shape index (κ3) is 7.14. The summed E-state index contributed by atoms with van der Waals surface area (Å²) in [6, 6.07) is 0. The van der Waals surface area contributed by atoms with Crippen molar-refractivity contribution in [3.8, 4) is 0 Å². The van der Waals surface area contributed by atoms with Crippen LogP contribution in [-0.4, -0.2) is 145 Å². The van der Waals surface area contributed by atoms with Gasteiger partial charge < -0.3 is 67.9 Å². The molecule has 15 nitrogen and oxygen atoms in total. The van der Waals surface area contributed by atoms with Crippen molar-refractivity contribution in [2.75, 3.05) is 20.8 Å². The summed E-state index contributed by atoms with van der Waals surface area (Å²) in [5, 5.41) is 46.8. The number of carbonyl (C=O) groups is 2. The highest BCUT2D eigenvalue weighted by molar-refractivity contribution is 5.85. The fraction of sp³-hybridized carbons (Fsp3) is 0.907. The lowest BCUT2D eigenvalue weighted by molar-refractivity contribution is -0.339. The molecule has 328 valence electrons. The average Bonchev–Trinajstić information content (AvgIpc) is 3.73. The highest BCUT2D eigenvalue weighted by Crippen LogP contribution is 2.70. The van der Waals surface area contributed by atoms with Crippen molar-refractivity contribution < 1.29 is 72.6 Å². The van der Waals surface area contributed by atoms with Gasteiger partial charge in [-0.1, -0.05) is 6.92 Å². The molecular formula is C43H66O15. The molecular weight excluding hydrogens is 756 g/mol. The Bertz CT molecular complexity index is 1530. The molecule has 0 aromatic rings. The smallest absolute Gasteiger partial charge is 0.331 e. The van der Waals surface area contributed by atoms with Gasteiger partial charge in [0.15, 0.2) is 18.9 Å². The average molecular weight is 823 g/mol. The van der Waals surface area contributed by atoms with E-state index in [1.807, 2.05) is 13.8 Å². The zero-order valence-electron chi connectivity index (χ0n) is 34.9. The summed E-state index contributed by atoms with van der Waals surface area (Å²) in [6.45, 7) is 7.90. The van der Waals surface area contributed by atoms with E-state index in [9.17, 15) is 30.0 Å². The molecule has 0 radical (unpaired) electrons. The SMILES string of the molecule is CO[C@H]1C[C@H](O[C@H]2[C@@H](O)C[C@H](O[C@H]3CC[C@]4(C=O)[C@H]5CC[C@]6(C)[C@@H](C7=CC(=O)OC7)CC[C@]6(O)[C@@H]5CC[C@]4(O)C3)O[C@@H]2C)O[C@H](C)[C@H]1O[C@H]1C[C@@H](OC)[C@@H](O)[C@@H](C)O1. The van der Waals surface area contributed by atoms with Crippen LogP contribution < -0.4 is 0 Å². The van der Waals surface area contributed by atoms with Gasteiger partial charge in [-0.2, -0.15) is 0 Å². The topological polar surface area (TPSA) is 198 Å². The molecule has 4 heterocycles. The van der Waals surface area contributed by atoms with Gasteiger partial charge in [0.2, 0.25) is 0 Å². The summed E-state index contributed by atoms with van der Waals surface area (Å²) >= 11 is 0. The monoisotopic (exact) mass is 822 g/mol. The van der Waals surface area contributed by atoms with Crippen LogP contribution in [0.15, 0.2) is 11.6 Å². The molecule has 20 atom stereocenters. The quantitative estimate of drug-likeness (QED) is 0.143. The normalized spacial score (nSPS) is 53.2. The number of ether oxygens (including phenoxy) is 9. The minimum Gasteiger partial charge on any atom is -0.458 e. The molecule has 3 saturated heterocycles. The van der Waals surface area contributed by atoms with Gasteiger partial charge in [-0.05, 0) is 95.5 Å². The fourth-order valence-corrected chi connectivity index (χ4v) is 13.1. The molecule has 7 fully saturated rings. The predicted molar refractivity (Wildman–Crippen MR) is 203 cm³/mol. The number of carbonyl (C=O) groups excluding carboxylic acids is 2. The molecule has 0 spiro atoms. The maximum absolute atomic E-state index is 13.3. The first kappa shape index (κ1) is 43.1. The first-order chi connectivity index (χ1) is 27.6. The molecule has 4 aliphatic heterocycles. The van der Waals surface area contributed by atoms with Crippen LogP contribution in [0.25, 0.3) is 0 Å². The van der Waals surface area contributed by atoms with Crippen molar-refractivity contribution in [3.05, 3.63) is 11.6 Å². The highest BCUT2D eigenvalue weighted by atomic mass is 16.7. The summed E-state index contributed by atoms with van der Waals surface area (Å²) in [5.41, 5.74) is -2.81. The van der Waals surface area contributed by atoms with Crippen molar-refractivity contribution in [1.82, 2.24) is 0 Å². The Balaban J connectivity index is 0.861. The number of esters is 1. The summed E-state index contributed by atoms with van der Waals surface area (Å²) in [7, 11) is 3.16. The first-order valence-electron chi connectivity index (χ1n) is 21.7. The Morgan fingerprint density at radius 3 is 2.05 bits per heavy atom. The Kier molecular flexibility index (Phi) is 12.1. The number of aliphatic hydroxyl groups excluding tert-OH is 2. The molecule has 4 N–H and O–H groups in total. The number of rotatable bonds is 10. The lowest BCUT2D eigenvalue weighted by atomic mass is 9.41. The van der Waals surface area contributed by atoms with Gasteiger partial charge in [0.1, 0.15) is 31.2 Å². The first-order valence-corrected chi connectivity index (χ1v) is 21.7. The molecule has 8 aliphatic rings. The van der Waals surface area contributed by atoms with E-state index < -0.39 is 102 Å². The maximum Gasteiger partial charge on any atom is 0.331 e. The number of hydrogen-bond acceptors (Lipinski definition) is 15. The molecule has 0 amide bonds. The van der Waals surface area contributed by atoms with Crippen LogP contribution in [0, 0.1) is 28.6 Å². The highest BCUT2D eigenvalue weighted by Gasteiger charge is 2.71. The van der Waals surface area contributed by atoms with Crippen molar-refractivity contribution in [3.63, 3.8) is 0 Å². The maximum atomic E-state index is 13.3. The molecule has 0 unspecified atom stereocenters. The minimum atomic E-state index is -1.30. The second-order valence-corrected chi connectivity index (χ2v) is 19.1. The van der Waals surface area contributed by atoms with E-state index in [0.717, 1.165) is 18.3 Å². The van der Waals surface area contributed by atoms with E-state index in [4.69, 9.17) is 42.6 Å². The van der Waals surface area contributed by atoms with Crippen LogP contribution in [0.2, 0.25) is 0 Å². The number of hydrogen-bond donors (Lipinski definition) is 4. The molecule has 0 bridgehead atoms. The van der Waals surface area contributed by atoms with E-state index in [2.05, 4.69) is 6.92 Å². The van der Waals surface area contributed by atoms with Gasteiger partial charge in [0, 0.05) is 51.4 Å². The molecule has 0 aromatic carbocycles. The number of fused-ring (bicyclic) bond motifs is 5. The minimum absolute atomic E-state index is 0.0428. The van der Waals surface area contributed by atoms with Crippen molar-refractivity contribution in [2.24, 2.45) is 28.6 Å². The standard InChI is InChI=1S/C43H66O15/c1-22-37(47)31(50-5)17-35(53-22)58-39-24(3)55-36(18-32(39)51-6)57-38-23(2)54-34(16-30(38)45)56-26-7-12-41(21-44)28-8-11-40(4)27(25-15-33(46)52-20-25)10-14-43(40,49)29(28)9-13-42(41,48)19-26/h15,21-24,26-32,34-39,45,47-49H,7-14,16-20H2,1-6H3/t22-,23-,24-,26+,27-,28+,29-,30+,31-,32+,34+,35+,36+,37+,38-,39-,40-,41+,42+,43+/m1/s1. The summed E-state index contributed by atoms with van der Waals surface area (Å²) < 4.78 is 54.2. The molecule has 58 heavy (non-hydrogen) atoms. The predicted octanol–water partition coefficient (Wildman–Crippen LogP) is 2.85. The van der Waals surface area contributed by atoms with Crippen molar-refractivity contribution in [2.45, 2.75) is 196 Å². The van der Waals surface area contributed by atoms with Crippen molar-refractivity contribution in [1.29, 1.82) is 0 Å². The molecule has 8 rings (SSSR count). The van der Waals surface area contributed by atoms with Crippen LogP contribution in [0.1, 0.15) is 105 Å². The van der Waals surface area contributed by atoms with Crippen LogP contribution in [0.5, 0.6) is 0 Å². The molecule has 4 aliphatic carbocycles. The Morgan fingerprint density at radius 1 is 0.759 bits per heavy atom. The van der Waals surface area contributed by atoms with Crippen molar-refractivity contribution >= 4 is 12.3 Å². The number of cyclic esters (lactones) is 1. The van der Waals surface area contributed by atoms with Crippen LogP contribution in [0.4, 0.5) is 0 Å². The van der Waals surface area contributed by atoms with E-state index in [1.54, 1.807) is 27.2 Å². The van der Waals surface area contributed by atoms with Crippen LogP contribution >= 0.6 is 0 Å². The lowest BCUT2D eigenvalue weighted by Gasteiger charge is -2.65. The lowest BCUT2D eigenvalue weighted by Crippen LogP contribution is -2.69. The van der Waals surface area contributed by atoms with Gasteiger partial charge >= 0.3 is 5.97 Å². The Labute approximate surface area is 341 Å². The summed E-state index contributed by atoms with van der Waals surface area (Å²) in [4.78, 5) is 25.3. The Morgan fingerprint density at radius 2 is 1.40 bits per heavy atom. The van der Waals surface area contributed by atoms with E-state index in [0.29, 0.717) is 57.8 Å². The van der Waals surface area contributed by atoms with Gasteiger partial charge in [-0.15, -0.1) is 0 Å². The third-order valence-electron chi connectivity index (χ3n) is 16.3. The largest absolute Gasteiger partial charge is 0.458 e. The van der Waals surface area contributed by atoms with Crippen LogP contribution in [-0.2, 0) is 52.2 Å². The van der Waals surface area contributed by atoms with Gasteiger partial charge in [-0.25, -0.2) is 4.79 Å². The number of aliphatic hydroxyl groups is 4. The second-order valence-electron chi connectivity index (χ2n) is 19.1. The van der Waals surface area contributed by atoms with E-state index >= 15 is 0 Å². The van der Waals surface area contributed by atoms with E-state index in [1.165, 1.54) is 0 Å². The van der Waals surface area contributed by atoms with E-state index in [-0.39, 0.29) is 43.2 Å². The summed E-state index contributed by atoms with van der Waals surface area (Å²) in [5.74, 6) is -0.598. The molecule has 0 aromatic heterocycles. The second kappa shape index (κ2) is 16.3. The molecule has 15 heteroatoms. The summed E-state index contributed by atoms with van der Waals surface area (Å²) in [6.07, 6.45) is 0.801. The Hall–Kier alpha value is -1.60. The number of methoxy groups -OCH3 is 2. The number of aldehydes is 1. The van der Waals surface area contributed by atoms with Crippen LogP contribution in [0.3, 0.4) is 0 Å². The molecule has 4 saturated carbocycles. The third-order valence-corrected chi connectivity index (χ3v) is 16.3. The van der Waals surface area contributed by atoms with Gasteiger partial charge in [0.05, 0.1) is 59.3 Å². The fourth-order valence-electron chi connectivity index (χ4n) is 13.1. The van der Waals surface area contributed by atoms with Gasteiger partial charge in [-0.3, -0.25) is 0 Å². The van der Waals surface area contributed by atoms with Gasteiger partial charge in [0.25, 0.3) is 0 Å².